The summed E-state index contributed by atoms with van der Waals surface area (Å²) in [5.74, 6) is -0.484. The summed E-state index contributed by atoms with van der Waals surface area (Å²) in [5, 5.41) is 0. The number of rotatable bonds is 4. The molecule has 0 aliphatic rings. The van der Waals surface area contributed by atoms with Gasteiger partial charge in [-0.3, -0.25) is 4.79 Å². The number of hydrogen-bond donors (Lipinski definition) is 1. The average molecular weight is 273 g/mol. The molecule has 19 heavy (non-hydrogen) atoms. The fraction of sp³-hybridized carbons (Fsp3) is 0.308. The summed E-state index contributed by atoms with van der Waals surface area (Å²) in [4.78, 5) is 11.1. The van der Waals surface area contributed by atoms with E-state index in [4.69, 9.17) is 5.73 Å². The van der Waals surface area contributed by atoms with Crippen molar-refractivity contribution < 1.29 is 22.7 Å². The fourth-order valence-electron chi connectivity index (χ4n) is 1.47. The van der Waals surface area contributed by atoms with Crippen LogP contribution >= 0.6 is 0 Å². The van der Waals surface area contributed by atoms with E-state index in [2.05, 4.69) is 4.74 Å². The van der Waals surface area contributed by atoms with Crippen LogP contribution in [0.4, 0.5) is 18.9 Å². The van der Waals surface area contributed by atoms with Crippen molar-refractivity contribution in [2.45, 2.75) is 19.5 Å². The molecule has 1 aromatic carbocycles. The van der Waals surface area contributed by atoms with Crippen LogP contribution < -0.4 is 5.73 Å². The lowest BCUT2D eigenvalue weighted by Crippen LogP contribution is -2.08. The van der Waals surface area contributed by atoms with E-state index in [0.717, 1.165) is 6.07 Å². The Labute approximate surface area is 108 Å². The Morgan fingerprint density at radius 1 is 1.42 bits per heavy atom. The monoisotopic (exact) mass is 273 g/mol. The predicted octanol–water partition coefficient (Wildman–Crippen LogP) is 3.25. The quantitative estimate of drug-likeness (QED) is 0.676. The largest absolute Gasteiger partial charge is 0.466 e. The standard InChI is InChI=1S/C13H14F3NO2/c1-2-19-12(18)5-3-4-9-6-7-10(17)8-11(9)13(14,15)16/h3-4,6-8H,2,5,17H2,1H3. The maximum absolute atomic E-state index is 12.8. The molecule has 1 rings (SSSR count). The zero-order chi connectivity index (χ0) is 14.5. The van der Waals surface area contributed by atoms with Crippen LogP contribution in [0, 0.1) is 0 Å². The summed E-state index contributed by atoms with van der Waals surface area (Å²) in [6.07, 6.45) is -1.99. The molecule has 6 heteroatoms. The lowest BCUT2D eigenvalue weighted by Gasteiger charge is -2.11. The minimum atomic E-state index is -4.49. The molecule has 0 radical (unpaired) electrons. The van der Waals surface area contributed by atoms with Crippen LogP contribution in [0.3, 0.4) is 0 Å². The number of nitrogen functional groups attached to an aromatic ring is 1. The number of benzene rings is 1. The van der Waals surface area contributed by atoms with E-state index in [1.54, 1.807) is 6.92 Å². The highest BCUT2D eigenvalue weighted by atomic mass is 19.4. The Bertz CT molecular complexity index is 481. The van der Waals surface area contributed by atoms with E-state index in [0.29, 0.717) is 0 Å². The van der Waals surface area contributed by atoms with Crippen LogP contribution in [0.1, 0.15) is 24.5 Å². The van der Waals surface area contributed by atoms with Crippen LogP contribution in [0.25, 0.3) is 6.08 Å². The van der Waals surface area contributed by atoms with Crippen LogP contribution in [0.5, 0.6) is 0 Å². The van der Waals surface area contributed by atoms with Gasteiger partial charge in [-0.1, -0.05) is 18.2 Å². The first-order valence-electron chi connectivity index (χ1n) is 5.63. The second-order valence-corrected chi connectivity index (χ2v) is 3.76. The van der Waals surface area contributed by atoms with Gasteiger partial charge in [0.25, 0.3) is 0 Å². The maximum atomic E-state index is 12.8. The number of nitrogens with two attached hydrogens (primary N) is 1. The maximum Gasteiger partial charge on any atom is 0.417 e. The topological polar surface area (TPSA) is 52.3 Å². The van der Waals surface area contributed by atoms with Gasteiger partial charge in [-0.15, -0.1) is 0 Å². The first-order chi connectivity index (χ1) is 8.84. The van der Waals surface area contributed by atoms with E-state index >= 15 is 0 Å². The Morgan fingerprint density at radius 3 is 2.68 bits per heavy atom. The molecular formula is C13H14F3NO2. The van der Waals surface area contributed by atoms with E-state index in [9.17, 15) is 18.0 Å². The summed E-state index contributed by atoms with van der Waals surface area (Å²) in [7, 11) is 0. The molecule has 104 valence electrons. The van der Waals surface area contributed by atoms with Gasteiger partial charge in [0.15, 0.2) is 0 Å². The molecule has 0 amide bonds. The number of ether oxygens (including phenoxy) is 1. The summed E-state index contributed by atoms with van der Waals surface area (Å²) in [6, 6.07) is 3.50. The Balaban J connectivity index is 2.89. The minimum absolute atomic E-state index is 0.0361. The lowest BCUT2D eigenvalue weighted by atomic mass is 10.1. The van der Waals surface area contributed by atoms with Crippen LogP contribution in [-0.4, -0.2) is 12.6 Å². The third kappa shape index (κ3) is 4.65. The lowest BCUT2D eigenvalue weighted by molar-refractivity contribution is -0.142. The third-order valence-corrected chi connectivity index (χ3v) is 2.27. The number of carbonyl (C=O) groups excluding carboxylic acids is 1. The van der Waals surface area contributed by atoms with Crippen LogP contribution in [-0.2, 0) is 15.7 Å². The molecule has 0 unspecified atom stereocenters. The molecule has 0 bridgehead atoms. The van der Waals surface area contributed by atoms with E-state index < -0.39 is 17.7 Å². The summed E-state index contributed by atoms with van der Waals surface area (Å²) in [5.41, 5.74) is 4.52. The number of hydrogen-bond acceptors (Lipinski definition) is 3. The second kappa shape index (κ2) is 6.26. The number of carbonyl (C=O) groups is 1. The summed E-state index contributed by atoms with van der Waals surface area (Å²) >= 11 is 0. The first-order valence-corrected chi connectivity index (χ1v) is 5.63. The van der Waals surface area contributed by atoms with Crippen LogP contribution in [0.2, 0.25) is 0 Å². The molecule has 0 atom stereocenters. The predicted molar refractivity (Wildman–Crippen MR) is 66.1 cm³/mol. The number of anilines is 1. The molecule has 1 aromatic rings. The summed E-state index contributed by atoms with van der Waals surface area (Å²) < 4.78 is 42.9. The zero-order valence-electron chi connectivity index (χ0n) is 10.3. The Morgan fingerprint density at radius 2 is 2.11 bits per heavy atom. The number of esters is 1. The fourth-order valence-corrected chi connectivity index (χ4v) is 1.47. The van der Waals surface area contributed by atoms with E-state index in [1.807, 2.05) is 0 Å². The number of halogens is 3. The molecule has 0 saturated heterocycles. The molecule has 0 aliphatic carbocycles. The van der Waals surface area contributed by atoms with Crippen molar-refractivity contribution in [1.29, 1.82) is 0 Å². The molecule has 0 aliphatic heterocycles. The smallest absolute Gasteiger partial charge is 0.417 e. The highest BCUT2D eigenvalue weighted by molar-refractivity contribution is 5.73. The van der Waals surface area contributed by atoms with E-state index in [1.165, 1.54) is 24.3 Å². The van der Waals surface area contributed by atoms with Crippen molar-refractivity contribution in [3.8, 4) is 0 Å². The number of alkyl halides is 3. The third-order valence-electron chi connectivity index (χ3n) is 2.27. The first kappa shape index (κ1) is 15.1. The van der Waals surface area contributed by atoms with Crippen molar-refractivity contribution >= 4 is 17.7 Å². The minimum Gasteiger partial charge on any atom is -0.466 e. The molecular weight excluding hydrogens is 259 g/mol. The van der Waals surface area contributed by atoms with Gasteiger partial charge >= 0.3 is 12.1 Å². The van der Waals surface area contributed by atoms with Gasteiger partial charge in [0, 0.05) is 5.69 Å². The molecule has 2 N–H and O–H groups in total. The van der Waals surface area contributed by atoms with Gasteiger partial charge in [-0.25, -0.2) is 0 Å². The van der Waals surface area contributed by atoms with Crippen molar-refractivity contribution in [2.75, 3.05) is 12.3 Å². The molecule has 0 heterocycles. The second-order valence-electron chi connectivity index (χ2n) is 3.76. The highest BCUT2D eigenvalue weighted by Crippen LogP contribution is 2.33. The molecule has 0 saturated carbocycles. The van der Waals surface area contributed by atoms with Gasteiger partial charge in [-0.05, 0) is 24.6 Å². The Hall–Kier alpha value is -1.98. The van der Waals surface area contributed by atoms with Crippen LogP contribution in [0.15, 0.2) is 24.3 Å². The van der Waals surface area contributed by atoms with Crippen molar-refractivity contribution in [1.82, 2.24) is 0 Å². The molecule has 0 spiro atoms. The molecule has 3 nitrogen and oxygen atoms in total. The van der Waals surface area contributed by atoms with Gasteiger partial charge in [-0.2, -0.15) is 13.2 Å². The Kier molecular flexibility index (Phi) is 4.97. The van der Waals surface area contributed by atoms with E-state index in [-0.39, 0.29) is 24.3 Å². The molecule has 0 aromatic heterocycles. The van der Waals surface area contributed by atoms with Gasteiger partial charge in [0.2, 0.25) is 0 Å². The summed E-state index contributed by atoms with van der Waals surface area (Å²) in [6.45, 7) is 1.89. The van der Waals surface area contributed by atoms with Crippen molar-refractivity contribution in [3.63, 3.8) is 0 Å². The normalized spacial score (nSPS) is 11.8. The highest BCUT2D eigenvalue weighted by Gasteiger charge is 2.32. The van der Waals surface area contributed by atoms with Crippen molar-refractivity contribution in [3.05, 3.63) is 35.4 Å². The van der Waals surface area contributed by atoms with Crippen molar-refractivity contribution in [2.24, 2.45) is 0 Å². The van der Waals surface area contributed by atoms with Gasteiger partial charge in [0.05, 0.1) is 18.6 Å². The van der Waals surface area contributed by atoms with Gasteiger partial charge < -0.3 is 10.5 Å². The van der Waals surface area contributed by atoms with Gasteiger partial charge in [0.1, 0.15) is 0 Å². The zero-order valence-corrected chi connectivity index (χ0v) is 10.3. The molecule has 0 fully saturated rings. The average Bonchev–Trinajstić information content (AvgIpc) is 2.30. The SMILES string of the molecule is CCOC(=O)CC=Cc1ccc(N)cc1C(F)(F)F.